The van der Waals surface area contributed by atoms with Gasteiger partial charge in [0.2, 0.25) is 0 Å². The first-order valence-electron chi connectivity index (χ1n) is 16.2. The monoisotopic (exact) mass is 624 g/mol. The molecular weight excluding hydrogens is 580 g/mol. The van der Waals surface area contributed by atoms with Gasteiger partial charge in [-0.2, -0.15) is 21.6 Å². The third-order valence-electron chi connectivity index (χ3n) is 10.9. The molecule has 2 atom stereocenters. The molecule has 1 aromatic rings. The molecule has 1 aromatic carbocycles. The second kappa shape index (κ2) is 11.9. The number of hydrogen-bond donors (Lipinski definition) is 0. The molecule has 0 aromatic heterocycles. The summed E-state index contributed by atoms with van der Waals surface area (Å²) in [7, 11) is -9.85. The molecule has 42 heavy (non-hydrogen) atoms. The van der Waals surface area contributed by atoms with Crippen molar-refractivity contribution in [1.82, 2.24) is 0 Å². The largest absolute Gasteiger partial charge is 0.523 e. The minimum Gasteiger partial charge on any atom is -0.320 e. The molecule has 2 unspecified atom stereocenters. The normalized spacial score (nSPS) is 28.4. The Bertz CT molecular complexity index is 1360. The minimum absolute atomic E-state index is 0.352. The molecule has 6 rings (SSSR count). The summed E-state index contributed by atoms with van der Waals surface area (Å²) >= 11 is 0. The number of fused-ring (bicyclic) bond motifs is 1. The predicted molar refractivity (Wildman–Crippen MR) is 161 cm³/mol. The van der Waals surface area contributed by atoms with Crippen LogP contribution in [-0.4, -0.2) is 30.6 Å². The van der Waals surface area contributed by atoms with Crippen LogP contribution in [0.5, 0.6) is 0 Å². The van der Waals surface area contributed by atoms with E-state index in [-0.39, 0.29) is 11.3 Å². The number of aryl methyl sites for hydroxylation is 1. The van der Waals surface area contributed by atoms with E-state index in [2.05, 4.69) is 6.07 Å². The quantitative estimate of drug-likeness (QED) is 0.180. The van der Waals surface area contributed by atoms with Crippen LogP contribution in [0.4, 0.5) is 13.2 Å². The minimum atomic E-state index is -6.06. The molecule has 0 aliphatic heterocycles. The van der Waals surface area contributed by atoms with Gasteiger partial charge in [0.1, 0.15) is 7.14 Å². The highest BCUT2D eigenvalue weighted by atomic mass is 32.2. The van der Waals surface area contributed by atoms with E-state index >= 15 is 4.57 Å². The zero-order valence-corrected chi connectivity index (χ0v) is 26.2. The number of alkyl halides is 3. The van der Waals surface area contributed by atoms with Crippen molar-refractivity contribution < 1.29 is 30.3 Å². The van der Waals surface area contributed by atoms with Crippen molar-refractivity contribution in [3.8, 4) is 0 Å². The fourth-order valence-corrected chi connectivity index (χ4v) is 15.4. The maximum absolute atomic E-state index is 16.4. The van der Waals surface area contributed by atoms with E-state index in [0.717, 1.165) is 106 Å². The molecule has 4 nitrogen and oxygen atoms in total. The van der Waals surface area contributed by atoms with Gasteiger partial charge >= 0.3 is 15.6 Å². The Morgan fingerprint density at radius 2 is 1.38 bits per heavy atom. The summed E-state index contributed by atoms with van der Waals surface area (Å²) in [6.07, 6.45) is 18.3. The van der Waals surface area contributed by atoms with E-state index in [4.69, 9.17) is 4.18 Å². The van der Waals surface area contributed by atoms with Gasteiger partial charge in [-0.25, -0.2) is 4.18 Å². The van der Waals surface area contributed by atoms with Gasteiger partial charge in [0, 0.05) is 17.2 Å². The predicted octanol–water partition coefficient (Wildman–Crippen LogP) is 9.68. The van der Waals surface area contributed by atoms with Crippen LogP contribution >= 0.6 is 7.14 Å². The molecule has 2 fully saturated rings. The SMILES string of the molecule is O=P(C1CCCCC1)(C1CCCCC1)C1(OS(=O)(=O)C(F)(F)F)C=CC2=C(CCCC2)C1c1cccc2c1CCCC2. The fraction of sp³-hybridized carbons (Fsp3) is 0.697. The third kappa shape index (κ3) is 5.19. The Kier molecular flexibility index (Phi) is 8.65. The van der Waals surface area contributed by atoms with Crippen LogP contribution in [0.3, 0.4) is 0 Å². The highest BCUT2D eigenvalue weighted by molar-refractivity contribution is 7.88. The smallest absolute Gasteiger partial charge is 0.320 e. The standard InChI is InChI=1S/C33H44F3O4PS/c34-33(35,36)42(38,39)40-32(41(37,26-15-3-1-4-16-26)27-17-5-2-6-18-27)23-22-25-13-8-10-20-29(25)31(32)30-21-11-14-24-12-7-9-19-28(24)30/h11,14,21-23,26-27,31H,1-10,12-13,15-20H2. The highest BCUT2D eigenvalue weighted by Gasteiger charge is 2.66. The maximum atomic E-state index is 16.4. The highest BCUT2D eigenvalue weighted by Crippen LogP contribution is 2.77. The fourth-order valence-electron chi connectivity index (χ4n) is 9.00. The van der Waals surface area contributed by atoms with Crippen molar-refractivity contribution >= 4 is 17.3 Å². The van der Waals surface area contributed by atoms with E-state index in [1.807, 2.05) is 18.2 Å². The van der Waals surface area contributed by atoms with Crippen LogP contribution in [0.1, 0.15) is 125 Å². The van der Waals surface area contributed by atoms with Crippen LogP contribution in [0.15, 0.2) is 41.5 Å². The van der Waals surface area contributed by atoms with Gasteiger partial charge in [-0.05, 0) is 105 Å². The molecule has 9 heteroatoms. The Labute approximate surface area is 249 Å². The van der Waals surface area contributed by atoms with Crippen molar-refractivity contribution in [3.05, 3.63) is 58.2 Å². The molecule has 5 aliphatic rings. The summed E-state index contributed by atoms with van der Waals surface area (Å²) in [6.45, 7) is 0. The lowest BCUT2D eigenvalue weighted by Gasteiger charge is -2.53. The van der Waals surface area contributed by atoms with E-state index in [1.54, 1.807) is 6.08 Å². The summed E-state index contributed by atoms with van der Waals surface area (Å²) in [4.78, 5) is 0. The Hall–Kier alpha value is -1.37. The van der Waals surface area contributed by atoms with Gasteiger partial charge in [0.25, 0.3) is 0 Å². The van der Waals surface area contributed by atoms with Crippen molar-refractivity contribution in [2.24, 2.45) is 0 Å². The Morgan fingerprint density at radius 3 is 2.02 bits per heavy atom. The van der Waals surface area contributed by atoms with E-state index in [9.17, 15) is 21.6 Å². The second-order valence-electron chi connectivity index (χ2n) is 13.2. The van der Waals surface area contributed by atoms with Crippen molar-refractivity contribution in [3.63, 3.8) is 0 Å². The lowest BCUT2D eigenvalue weighted by atomic mass is 9.71. The third-order valence-corrected chi connectivity index (χ3v) is 16.9. The lowest BCUT2D eigenvalue weighted by Crippen LogP contribution is -2.50. The van der Waals surface area contributed by atoms with Crippen LogP contribution in [0.25, 0.3) is 0 Å². The van der Waals surface area contributed by atoms with Crippen molar-refractivity contribution in [1.29, 1.82) is 0 Å². The summed E-state index contributed by atoms with van der Waals surface area (Å²) in [6, 6.07) is 6.01. The number of rotatable bonds is 6. The van der Waals surface area contributed by atoms with Crippen molar-refractivity contribution in [2.75, 3.05) is 0 Å². The molecule has 232 valence electrons. The van der Waals surface area contributed by atoms with Gasteiger partial charge in [0.05, 0.1) is 0 Å². The molecule has 0 radical (unpaired) electrons. The van der Waals surface area contributed by atoms with Crippen molar-refractivity contribution in [2.45, 2.75) is 144 Å². The van der Waals surface area contributed by atoms with Gasteiger partial charge < -0.3 is 4.57 Å². The molecular formula is C33H44F3O4PS. The van der Waals surface area contributed by atoms with Crippen LogP contribution in [0, 0.1) is 0 Å². The average Bonchev–Trinajstić information content (AvgIpc) is 3.00. The lowest BCUT2D eigenvalue weighted by molar-refractivity contribution is -0.0584. The molecule has 0 amide bonds. The number of benzene rings is 1. The molecule has 2 saturated carbocycles. The first kappa shape index (κ1) is 30.6. The zero-order valence-electron chi connectivity index (χ0n) is 24.5. The first-order chi connectivity index (χ1) is 20.1. The van der Waals surface area contributed by atoms with Gasteiger partial charge in [0.15, 0.2) is 5.34 Å². The summed E-state index contributed by atoms with van der Waals surface area (Å²) in [5.74, 6) is -0.808. The molecule has 0 heterocycles. The molecule has 0 N–H and O–H groups in total. The van der Waals surface area contributed by atoms with Gasteiger partial charge in [-0.1, -0.05) is 68.4 Å². The Balaban J connectivity index is 1.66. The summed E-state index contributed by atoms with van der Waals surface area (Å²) in [5, 5.41) is -2.09. The average molecular weight is 625 g/mol. The van der Waals surface area contributed by atoms with Gasteiger partial charge in [-0.15, -0.1) is 0 Å². The van der Waals surface area contributed by atoms with Crippen LogP contribution in [0.2, 0.25) is 0 Å². The van der Waals surface area contributed by atoms with E-state index < -0.39 is 34.0 Å². The van der Waals surface area contributed by atoms with E-state index in [0.29, 0.717) is 32.1 Å². The number of halogens is 3. The first-order valence-corrected chi connectivity index (χ1v) is 19.5. The molecule has 0 saturated heterocycles. The maximum Gasteiger partial charge on any atom is 0.523 e. The molecule has 0 spiro atoms. The summed E-state index contributed by atoms with van der Waals surface area (Å²) in [5.41, 5.74) is -1.20. The second-order valence-corrected chi connectivity index (χ2v) is 18.4. The number of allylic oxidation sites excluding steroid dienone is 2. The molecule has 0 bridgehead atoms. The summed E-state index contributed by atoms with van der Waals surface area (Å²) < 4.78 is 91.6. The number of hydrogen-bond acceptors (Lipinski definition) is 4. The topological polar surface area (TPSA) is 60.4 Å². The van der Waals surface area contributed by atoms with Crippen LogP contribution < -0.4 is 0 Å². The molecule has 5 aliphatic carbocycles. The Morgan fingerprint density at radius 1 is 0.786 bits per heavy atom. The van der Waals surface area contributed by atoms with Gasteiger partial charge in [-0.3, -0.25) is 0 Å². The van der Waals surface area contributed by atoms with E-state index in [1.165, 1.54) is 5.56 Å². The zero-order chi connectivity index (χ0) is 29.6. The van der Waals surface area contributed by atoms with Crippen LogP contribution in [-0.2, 0) is 31.7 Å².